The highest BCUT2D eigenvalue weighted by atomic mass is 16.1. The third-order valence-corrected chi connectivity index (χ3v) is 1.96. The van der Waals surface area contributed by atoms with Gasteiger partial charge in [-0.15, -0.1) is 0 Å². The normalized spacial score (nSPS) is 10.4. The van der Waals surface area contributed by atoms with Crippen LogP contribution in [0.5, 0.6) is 0 Å². The van der Waals surface area contributed by atoms with Crippen LogP contribution >= 0.6 is 0 Å². The van der Waals surface area contributed by atoms with E-state index in [2.05, 4.69) is 6.58 Å². The van der Waals surface area contributed by atoms with E-state index in [1.807, 2.05) is 30.3 Å². The molecule has 0 fully saturated rings. The van der Waals surface area contributed by atoms with E-state index >= 15 is 0 Å². The summed E-state index contributed by atoms with van der Waals surface area (Å²) < 4.78 is 0. The summed E-state index contributed by atoms with van der Waals surface area (Å²) in [6.45, 7) is 3.39. The van der Waals surface area contributed by atoms with Gasteiger partial charge < -0.3 is 0 Å². The minimum Gasteiger partial charge on any atom is -0.290 e. The lowest BCUT2D eigenvalue weighted by molar-refractivity contribution is -0.110. The molecule has 0 saturated heterocycles. The maximum absolute atomic E-state index is 11.0. The molecule has 0 N–H and O–H groups in total. The SMILES string of the molecule is C=CC(=O)C=Cc1ccccc1C=CC#N. The lowest BCUT2D eigenvalue weighted by Crippen LogP contribution is -1.84. The molecule has 0 unspecified atom stereocenters. The first kappa shape index (κ1) is 11.7. The van der Waals surface area contributed by atoms with Crippen molar-refractivity contribution in [3.05, 3.63) is 60.2 Å². The predicted molar refractivity (Wildman–Crippen MR) is 65.3 cm³/mol. The zero-order chi connectivity index (χ0) is 11.8. The Morgan fingerprint density at radius 2 is 1.88 bits per heavy atom. The summed E-state index contributed by atoms with van der Waals surface area (Å²) in [6, 6.07) is 9.45. The Balaban J connectivity index is 3.00. The molecule has 0 aliphatic rings. The number of nitrogens with zero attached hydrogens (tertiary/aromatic N) is 1. The van der Waals surface area contributed by atoms with Crippen LogP contribution in [0, 0.1) is 11.3 Å². The summed E-state index contributed by atoms with van der Waals surface area (Å²) in [5.74, 6) is -0.140. The summed E-state index contributed by atoms with van der Waals surface area (Å²) in [4.78, 5) is 11.0. The van der Waals surface area contributed by atoms with Gasteiger partial charge in [0.1, 0.15) is 0 Å². The molecule has 0 amide bonds. The van der Waals surface area contributed by atoms with Crippen LogP contribution in [0.1, 0.15) is 11.1 Å². The maximum atomic E-state index is 11.0. The standard InChI is InChI=1S/C14H11NO/c1-2-14(16)10-9-13-7-4-3-6-12(13)8-5-11-15/h2-10H,1H2. The number of hydrogen-bond donors (Lipinski definition) is 0. The maximum Gasteiger partial charge on any atom is 0.178 e. The fraction of sp³-hybridized carbons (Fsp3) is 0. The second kappa shape index (κ2) is 6.15. The Morgan fingerprint density at radius 1 is 1.25 bits per heavy atom. The fourth-order valence-corrected chi connectivity index (χ4v) is 1.18. The molecule has 0 bridgehead atoms. The van der Waals surface area contributed by atoms with Gasteiger partial charge in [-0.05, 0) is 29.4 Å². The van der Waals surface area contributed by atoms with Crippen LogP contribution in [-0.2, 0) is 4.79 Å². The molecule has 2 nitrogen and oxygen atoms in total. The first-order valence-corrected chi connectivity index (χ1v) is 4.77. The molecule has 0 spiro atoms. The molecule has 0 heterocycles. The fourth-order valence-electron chi connectivity index (χ4n) is 1.18. The van der Waals surface area contributed by atoms with E-state index in [9.17, 15) is 4.79 Å². The first-order chi connectivity index (χ1) is 7.77. The van der Waals surface area contributed by atoms with Gasteiger partial charge in [0.25, 0.3) is 0 Å². The highest BCUT2D eigenvalue weighted by Crippen LogP contribution is 2.12. The van der Waals surface area contributed by atoms with Crippen LogP contribution in [-0.4, -0.2) is 5.78 Å². The average Bonchev–Trinajstić information content (AvgIpc) is 2.34. The third-order valence-electron chi connectivity index (χ3n) is 1.96. The Hall–Kier alpha value is -2.40. The molecule has 0 atom stereocenters. The zero-order valence-corrected chi connectivity index (χ0v) is 8.76. The molecule has 1 rings (SSSR count). The van der Waals surface area contributed by atoms with Gasteiger partial charge in [0.05, 0.1) is 6.07 Å². The molecule has 2 heteroatoms. The highest BCUT2D eigenvalue weighted by molar-refractivity contribution is 6.01. The van der Waals surface area contributed by atoms with Crippen molar-refractivity contribution < 1.29 is 4.79 Å². The van der Waals surface area contributed by atoms with Crippen LogP contribution in [0.15, 0.2) is 49.1 Å². The smallest absolute Gasteiger partial charge is 0.178 e. The van der Waals surface area contributed by atoms with Gasteiger partial charge in [-0.2, -0.15) is 5.26 Å². The van der Waals surface area contributed by atoms with Crippen LogP contribution in [0.2, 0.25) is 0 Å². The van der Waals surface area contributed by atoms with Crippen molar-refractivity contribution in [1.82, 2.24) is 0 Å². The van der Waals surface area contributed by atoms with Crippen LogP contribution in [0.4, 0.5) is 0 Å². The summed E-state index contributed by atoms with van der Waals surface area (Å²) >= 11 is 0. The van der Waals surface area contributed by atoms with E-state index in [4.69, 9.17) is 5.26 Å². The van der Waals surface area contributed by atoms with Crippen molar-refractivity contribution in [3.63, 3.8) is 0 Å². The highest BCUT2D eigenvalue weighted by Gasteiger charge is 1.94. The first-order valence-electron chi connectivity index (χ1n) is 4.77. The second-order valence-electron chi connectivity index (χ2n) is 3.03. The number of carbonyl (C=O) groups excluding carboxylic acids is 1. The number of hydrogen-bond acceptors (Lipinski definition) is 2. The molecule has 0 radical (unpaired) electrons. The van der Waals surface area contributed by atoms with Crippen LogP contribution in [0.3, 0.4) is 0 Å². The molecule has 78 valence electrons. The van der Waals surface area contributed by atoms with E-state index in [-0.39, 0.29) is 5.78 Å². The van der Waals surface area contributed by atoms with Crippen LogP contribution in [0.25, 0.3) is 12.2 Å². The van der Waals surface area contributed by atoms with E-state index in [1.54, 1.807) is 12.2 Å². The molecule has 1 aromatic rings. The molecule has 0 aliphatic heterocycles. The molecule has 0 aliphatic carbocycles. The lowest BCUT2D eigenvalue weighted by Gasteiger charge is -1.98. The third kappa shape index (κ3) is 3.39. The molecule has 0 saturated carbocycles. The zero-order valence-electron chi connectivity index (χ0n) is 8.76. The van der Waals surface area contributed by atoms with Crippen molar-refractivity contribution in [3.8, 4) is 6.07 Å². The summed E-state index contributed by atoms with van der Waals surface area (Å²) in [7, 11) is 0. The molecular weight excluding hydrogens is 198 g/mol. The van der Waals surface area contributed by atoms with Gasteiger partial charge in [-0.1, -0.05) is 36.9 Å². The molecule has 16 heavy (non-hydrogen) atoms. The van der Waals surface area contributed by atoms with Crippen molar-refractivity contribution >= 4 is 17.9 Å². The quantitative estimate of drug-likeness (QED) is 0.565. The summed E-state index contributed by atoms with van der Waals surface area (Å²) in [5.41, 5.74) is 1.79. The topological polar surface area (TPSA) is 40.9 Å². The lowest BCUT2D eigenvalue weighted by atomic mass is 10.1. The Labute approximate surface area is 94.8 Å². The van der Waals surface area contributed by atoms with Crippen molar-refractivity contribution in [2.45, 2.75) is 0 Å². The average molecular weight is 209 g/mol. The Bertz CT molecular complexity index is 490. The van der Waals surface area contributed by atoms with Gasteiger partial charge in [-0.25, -0.2) is 0 Å². The van der Waals surface area contributed by atoms with E-state index < -0.39 is 0 Å². The second-order valence-corrected chi connectivity index (χ2v) is 3.03. The van der Waals surface area contributed by atoms with E-state index in [1.165, 1.54) is 18.2 Å². The van der Waals surface area contributed by atoms with E-state index in [0.717, 1.165) is 11.1 Å². The summed E-state index contributed by atoms with van der Waals surface area (Å²) in [6.07, 6.45) is 7.53. The minimum absolute atomic E-state index is 0.140. The number of ketones is 1. The van der Waals surface area contributed by atoms with Gasteiger partial charge in [0, 0.05) is 6.08 Å². The Kier molecular flexibility index (Phi) is 4.49. The van der Waals surface area contributed by atoms with Crippen molar-refractivity contribution in [2.75, 3.05) is 0 Å². The summed E-state index contributed by atoms with van der Waals surface area (Å²) in [5, 5.41) is 8.45. The molecule has 0 aromatic heterocycles. The number of benzene rings is 1. The predicted octanol–water partition coefficient (Wildman–Crippen LogP) is 2.99. The number of rotatable bonds is 4. The largest absolute Gasteiger partial charge is 0.290 e. The van der Waals surface area contributed by atoms with Gasteiger partial charge in [0.15, 0.2) is 5.78 Å². The molecule has 1 aromatic carbocycles. The molecular formula is C14H11NO. The Morgan fingerprint density at radius 3 is 2.44 bits per heavy atom. The van der Waals surface area contributed by atoms with Crippen LogP contribution < -0.4 is 0 Å². The minimum atomic E-state index is -0.140. The van der Waals surface area contributed by atoms with Crippen molar-refractivity contribution in [2.24, 2.45) is 0 Å². The number of nitriles is 1. The number of allylic oxidation sites excluding steroid dienone is 3. The van der Waals surface area contributed by atoms with Crippen molar-refractivity contribution in [1.29, 1.82) is 5.26 Å². The monoisotopic (exact) mass is 209 g/mol. The van der Waals surface area contributed by atoms with Gasteiger partial charge >= 0.3 is 0 Å². The van der Waals surface area contributed by atoms with E-state index in [0.29, 0.717) is 0 Å². The number of carbonyl (C=O) groups is 1. The van der Waals surface area contributed by atoms with Gasteiger partial charge in [-0.3, -0.25) is 4.79 Å². The van der Waals surface area contributed by atoms with Gasteiger partial charge in [0.2, 0.25) is 0 Å².